The van der Waals surface area contributed by atoms with Gasteiger partial charge in [0.15, 0.2) is 0 Å². The maximum Gasteiger partial charge on any atom is 0.227 e. The van der Waals surface area contributed by atoms with Crippen LogP contribution in [-0.4, -0.2) is 60.0 Å². The number of halogens is 1. The number of carbonyl (C=O) groups excluding carboxylic acids is 1. The standard InChI is InChI=1S/C21H26ClN5O/c22-18-6-4-17(5-7-18)14-21(28)27-12-10-26(11-13-27)20-15-19(23-16-24-20)25-8-2-1-3-9-25/h4-7,15-16H,1-3,8-14H2. The zero-order valence-electron chi connectivity index (χ0n) is 16.1. The Morgan fingerprint density at radius 2 is 1.46 bits per heavy atom. The highest BCUT2D eigenvalue weighted by Gasteiger charge is 2.23. The quantitative estimate of drug-likeness (QED) is 0.791. The Kier molecular flexibility index (Phi) is 5.95. The number of piperidine rings is 1. The highest BCUT2D eigenvalue weighted by Crippen LogP contribution is 2.22. The van der Waals surface area contributed by atoms with E-state index < -0.39 is 0 Å². The predicted molar refractivity (Wildman–Crippen MR) is 112 cm³/mol. The lowest BCUT2D eigenvalue weighted by molar-refractivity contribution is -0.130. The van der Waals surface area contributed by atoms with Gasteiger partial charge in [-0.25, -0.2) is 9.97 Å². The van der Waals surface area contributed by atoms with Gasteiger partial charge in [0.2, 0.25) is 5.91 Å². The van der Waals surface area contributed by atoms with Crippen LogP contribution in [0.15, 0.2) is 36.7 Å². The molecule has 1 amide bonds. The molecule has 7 heteroatoms. The van der Waals surface area contributed by atoms with E-state index >= 15 is 0 Å². The molecule has 0 bridgehead atoms. The minimum atomic E-state index is 0.165. The Bertz CT molecular complexity index is 799. The normalized spacial score (nSPS) is 17.7. The van der Waals surface area contributed by atoms with Crippen molar-refractivity contribution in [1.29, 1.82) is 0 Å². The summed E-state index contributed by atoms with van der Waals surface area (Å²) in [5.41, 5.74) is 0.999. The van der Waals surface area contributed by atoms with Crippen LogP contribution in [0.25, 0.3) is 0 Å². The van der Waals surface area contributed by atoms with Crippen molar-refractivity contribution in [3.8, 4) is 0 Å². The van der Waals surface area contributed by atoms with E-state index in [1.165, 1.54) is 19.3 Å². The number of benzene rings is 1. The van der Waals surface area contributed by atoms with Crippen molar-refractivity contribution in [2.75, 3.05) is 49.1 Å². The molecular weight excluding hydrogens is 374 g/mol. The molecule has 0 spiro atoms. The fourth-order valence-electron chi connectivity index (χ4n) is 3.88. The zero-order chi connectivity index (χ0) is 19.3. The molecule has 1 aromatic carbocycles. The van der Waals surface area contributed by atoms with Crippen molar-refractivity contribution in [3.05, 3.63) is 47.2 Å². The fraction of sp³-hybridized carbons (Fsp3) is 0.476. The molecule has 3 heterocycles. The summed E-state index contributed by atoms with van der Waals surface area (Å²) in [6.45, 7) is 5.17. The van der Waals surface area contributed by atoms with Crippen LogP contribution >= 0.6 is 11.6 Å². The Morgan fingerprint density at radius 1 is 0.857 bits per heavy atom. The van der Waals surface area contributed by atoms with E-state index in [4.69, 9.17) is 11.6 Å². The maximum atomic E-state index is 12.6. The average molecular weight is 400 g/mol. The molecule has 6 nitrogen and oxygen atoms in total. The van der Waals surface area contributed by atoms with E-state index in [9.17, 15) is 4.79 Å². The van der Waals surface area contributed by atoms with Gasteiger partial charge in [-0.2, -0.15) is 0 Å². The first-order chi connectivity index (χ1) is 13.7. The summed E-state index contributed by atoms with van der Waals surface area (Å²) < 4.78 is 0. The largest absolute Gasteiger partial charge is 0.356 e. The van der Waals surface area contributed by atoms with Gasteiger partial charge in [0.1, 0.15) is 18.0 Å². The lowest BCUT2D eigenvalue weighted by atomic mass is 10.1. The summed E-state index contributed by atoms with van der Waals surface area (Å²) >= 11 is 5.92. The number of piperazine rings is 1. The van der Waals surface area contributed by atoms with Gasteiger partial charge >= 0.3 is 0 Å². The number of nitrogens with zero attached hydrogens (tertiary/aromatic N) is 5. The molecule has 0 radical (unpaired) electrons. The summed E-state index contributed by atoms with van der Waals surface area (Å²) in [6.07, 6.45) is 5.85. The highest BCUT2D eigenvalue weighted by molar-refractivity contribution is 6.30. The molecule has 148 valence electrons. The molecule has 2 fully saturated rings. The number of rotatable bonds is 4. The minimum Gasteiger partial charge on any atom is -0.356 e. The number of amides is 1. The number of hydrogen-bond acceptors (Lipinski definition) is 5. The van der Waals surface area contributed by atoms with E-state index in [-0.39, 0.29) is 5.91 Å². The Hall–Kier alpha value is -2.34. The predicted octanol–water partition coefficient (Wildman–Crippen LogP) is 3.01. The second-order valence-electron chi connectivity index (χ2n) is 7.45. The van der Waals surface area contributed by atoms with E-state index in [0.29, 0.717) is 11.4 Å². The monoisotopic (exact) mass is 399 g/mol. The maximum absolute atomic E-state index is 12.6. The van der Waals surface area contributed by atoms with E-state index in [2.05, 4.69) is 25.8 Å². The molecule has 2 aliphatic rings. The van der Waals surface area contributed by atoms with Crippen LogP contribution in [0.1, 0.15) is 24.8 Å². The second-order valence-corrected chi connectivity index (χ2v) is 7.89. The third-order valence-corrected chi connectivity index (χ3v) is 5.80. The van der Waals surface area contributed by atoms with Crippen LogP contribution in [0.3, 0.4) is 0 Å². The van der Waals surface area contributed by atoms with Crippen molar-refractivity contribution in [1.82, 2.24) is 14.9 Å². The molecule has 4 rings (SSSR count). The first kappa shape index (κ1) is 19.0. The fourth-order valence-corrected chi connectivity index (χ4v) is 4.01. The molecule has 0 saturated carbocycles. The Morgan fingerprint density at radius 3 is 2.11 bits per heavy atom. The van der Waals surface area contributed by atoms with Gasteiger partial charge in [0, 0.05) is 50.4 Å². The van der Waals surface area contributed by atoms with Gasteiger partial charge in [-0.1, -0.05) is 23.7 Å². The SMILES string of the molecule is O=C(Cc1ccc(Cl)cc1)N1CCN(c2cc(N3CCCCC3)ncn2)CC1. The first-order valence-corrected chi connectivity index (χ1v) is 10.4. The molecule has 2 saturated heterocycles. The number of carbonyl (C=O) groups is 1. The summed E-state index contributed by atoms with van der Waals surface area (Å²) in [5.74, 6) is 2.14. The molecule has 0 aliphatic carbocycles. The smallest absolute Gasteiger partial charge is 0.227 e. The second kappa shape index (κ2) is 8.78. The lowest BCUT2D eigenvalue weighted by Gasteiger charge is -2.36. The number of aromatic nitrogens is 2. The average Bonchev–Trinajstić information content (AvgIpc) is 2.76. The van der Waals surface area contributed by atoms with Crippen LogP contribution in [0.5, 0.6) is 0 Å². The number of anilines is 2. The van der Waals surface area contributed by atoms with E-state index in [1.54, 1.807) is 6.33 Å². The van der Waals surface area contributed by atoms with Gasteiger partial charge in [0.05, 0.1) is 6.42 Å². The van der Waals surface area contributed by atoms with Crippen LogP contribution in [-0.2, 0) is 11.2 Å². The molecule has 0 unspecified atom stereocenters. The molecule has 0 atom stereocenters. The van der Waals surface area contributed by atoms with Gasteiger partial charge in [-0.05, 0) is 37.0 Å². The van der Waals surface area contributed by atoms with Crippen LogP contribution in [0.2, 0.25) is 5.02 Å². The topological polar surface area (TPSA) is 52.6 Å². The van der Waals surface area contributed by atoms with Gasteiger partial charge in [0.25, 0.3) is 0 Å². The molecule has 2 aliphatic heterocycles. The zero-order valence-corrected chi connectivity index (χ0v) is 16.8. The van der Waals surface area contributed by atoms with Crippen LogP contribution in [0, 0.1) is 0 Å². The van der Waals surface area contributed by atoms with Crippen molar-refractivity contribution in [2.24, 2.45) is 0 Å². The van der Waals surface area contributed by atoms with Crippen molar-refractivity contribution >= 4 is 29.1 Å². The van der Waals surface area contributed by atoms with Gasteiger partial charge < -0.3 is 14.7 Å². The molecule has 28 heavy (non-hydrogen) atoms. The Balaban J connectivity index is 1.33. The highest BCUT2D eigenvalue weighted by atomic mass is 35.5. The summed E-state index contributed by atoms with van der Waals surface area (Å²) in [6, 6.07) is 9.59. The van der Waals surface area contributed by atoms with Crippen molar-refractivity contribution < 1.29 is 4.79 Å². The minimum absolute atomic E-state index is 0.165. The molecule has 0 N–H and O–H groups in total. The number of hydrogen-bond donors (Lipinski definition) is 0. The Labute approximate surface area is 171 Å². The van der Waals surface area contributed by atoms with Crippen molar-refractivity contribution in [2.45, 2.75) is 25.7 Å². The van der Waals surface area contributed by atoms with E-state index in [1.807, 2.05) is 29.2 Å². The molecule has 2 aromatic rings. The van der Waals surface area contributed by atoms with Crippen molar-refractivity contribution in [3.63, 3.8) is 0 Å². The summed E-state index contributed by atoms with van der Waals surface area (Å²) in [7, 11) is 0. The van der Waals surface area contributed by atoms with Crippen LogP contribution in [0.4, 0.5) is 11.6 Å². The molecular formula is C21H26ClN5O. The van der Waals surface area contributed by atoms with Gasteiger partial charge in [-0.3, -0.25) is 4.79 Å². The first-order valence-electron chi connectivity index (χ1n) is 10.0. The van der Waals surface area contributed by atoms with E-state index in [0.717, 1.165) is 56.5 Å². The van der Waals surface area contributed by atoms with Crippen LogP contribution < -0.4 is 9.80 Å². The van der Waals surface area contributed by atoms with Gasteiger partial charge in [-0.15, -0.1) is 0 Å². The summed E-state index contributed by atoms with van der Waals surface area (Å²) in [5, 5.41) is 0.693. The third-order valence-electron chi connectivity index (χ3n) is 5.54. The lowest BCUT2D eigenvalue weighted by Crippen LogP contribution is -2.49. The molecule has 1 aromatic heterocycles. The third kappa shape index (κ3) is 4.55. The summed E-state index contributed by atoms with van der Waals surface area (Å²) in [4.78, 5) is 28.1.